The van der Waals surface area contributed by atoms with E-state index in [2.05, 4.69) is 80.1 Å². The fourth-order valence-electron chi connectivity index (χ4n) is 4.60. The van der Waals surface area contributed by atoms with E-state index in [4.69, 9.17) is 9.47 Å². The quantitative estimate of drug-likeness (QED) is 0.416. The average molecular weight is 647 g/mol. The smallest absolute Gasteiger partial charge is 0.128 e. The van der Waals surface area contributed by atoms with Crippen LogP contribution in [-0.4, -0.2) is 62.6 Å². The molecule has 0 aliphatic carbocycles. The molecule has 1 N–H and O–H groups in total. The first-order valence-corrected chi connectivity index (χ1v) is 13.9. The lowest BCUT2D eigenvalue weighted by Gasteiger charge is -2.52. The van der Waals surface area contributed by atoms with Gasteiger partial charge in [-0.25, -0.2) is 9.97 Å². The highest BCUT2D eigenvalue weighted by Crippen LogP contribution is 2.41. The summed E-state index contributed by atoms with van der Waals surface area (Å²) in [7, 11) is 0. The van der Waals surface area contributed by atoms with Gasteiger partial charge >= 0.3 is 0 Å². The highest BCUT2D eigenvalue weighted by Gasteiger charge is 2.44. The Morgan fingerprint density at radius 1 is 0.727 bits per heavy atom. The summed E-state index contributed by atoms with van der Waals surface area (Å²) in [6.45, 7) is 8.59. The summed E-state index contributed by atoms with van der Waals surface area (Å²) in [5.74, 6) is 1.10. The third-order valence-electron chi connectivity index (χ3n) is 6.89. The molecule has 6 heterocycles. The second kappa shape index (κ2) is 11.9. The van der Waals surface area contributed by atoms with Gasteiger partial charge in [0.1, 0.15) is 10.4 Å². The van der Waals surface area contributed by atoms with Gasteiger partial charge in [0.25, 0.3) is 0 Å². The molecule has 0 aromatic carbocycles. The number of ether oxygens (including phenoxy) is 2. The number of hydrogen-bond acceptors (Lipinski definition) is 6. The van der Waals surface area contributed by atoms with Crippen LogP contribution in [0, 0.1) is 10.8 Å². The molecule has 2 aromatic rings. The van der Waals surface area contributed by atoms with Crippen LogP contribution in [0.3, 0.4) is 0 Å². The van der Waals surface area contributed by atoms with Gasteiger partial charge in [0.2, 0.25) is 0 Å². The second-order valence-corrected chi connectivity index (χ2v) is 12.0. The lowest BCUT2D eigenvalue weighted by Crippen LogP contribution is -2.58. The Morgan fingerprint density at radius 2 is 1.27 bits per heavy atom. The first-order valence-electron chi connectivity index (χ1n) is 11.5. The summed E-state index contributed by atoms with van der Waals surface area (Å²) < 4.78 is 13.6. The van der Waals surface area contributed by atoms with Gasteiger partial charge in [0.15, 0.2) is 0 Å². The number of hydrogen-bond donors (Lipinski definition) is 1. The number of pyridine rings is 2. The van der Waals surface area contributed by atoms with Crippen molar-refractivity contribution in [3.8, 4) is 0 Å². The lowest BCUT2D eigenvalue weighted by molar-refractivity contribution is -0.0130. The first kappa shape index (κ1) is 25.5. The molecule has 0 unspecified atom stereocenters. The van der Waals surface area contributed by atoms with Crippen molar-refractivity contribution in [3.63, 3.8) is 0 Å². The molecule has 0 saturated carbocycles. The minimum atomic E-state index is 0.521. The maximum Gasteiger partial charge on any atom is 0.128 e. The topological polar surface area (TPSA) is 59.5 Å². The SMILES string of the molecule is Brc1ccc(Br)nc1.Brc1ccc(N2CC3(CCOCC3)C2)nc1.C1CC2(CCO1)CNC2. The van der Waals surface area contributed by atoms with Crippen LogP contribution in [0.2, 0.25) is 0 Å². The molecule has 0 atom stereocenters. The standard InChI is InChI=1S/C12H15BrN2O.C7H13NO.C5H3Br2N/c13-10-1-2-11(14-7-10)15-8-12(9-15)3-5-16-6-4-12;1-3-9-4-2-7(1)5-8-6-7;6-4-1-2-5(7)8-3-4/h1-2,7H,3-6,8-9H2;8H,1-6H2;1-3H. The van der Waals surface area contributed by atoms with Gasteiger partial charge in [0.05, 0.1) is 0 Å². The number of anilines is 1. The predicted octanol–water partition coefficient (Wildman–Crippen LogP) is 5.45. The molecule has 33 heavy (non-hydrogen) atoms. The van der Waals surface area contributed by atoms with Crippen molar-refractivity contribution in [3.05, 3.63) is 50.2 Å². The summed E-state index contributed by atoms with van der Waals surface area (Å²) in [4.78, 5) is 10.7. The molecule has 0 bridgehead atoms. The van der Waals surface area contributed by atoms with Gasteiger partial charge in [-0.1, -0.05) is 0 Å². The van der Waals surface area contributed by atoms with Crippen molar-refractivity contribution in [1.82, 2.24) is 15.3 Å². The molecule has 4 aliphatic heterocycles. The Morgan fingerprint density at radius 3 is 1.67 bits per heavy atom. The van der Waals surface area contributed by atoms with Crippen molar-refractivity contribution in [2.45, 2.75) is 25.7 Å². The van der Waals surface area contributed by atoms with E-state index < -0.39 is 0 Å². The molecule has 2 aromatic heterocycles. The summed E-state index contributed by atoms with van der Waals surface area (Å²) >= 11 is 9.88. The molecule has 6 rings (SSSR count). The van der Waals surface area contributed by atoms with E-state index in [1.807, 2.05) is 18.3 Å². The maximum atomic E-state index is 5.42. The first-order chi connectivity index (χ1) is 16.0. The van der Waals surface area contributed by atoms with E-state index in [1.54, 1.807) is 6.20 Å². The normalized spacial score (nSPS) is 22.2. The zero-order chi connectivity index (χ0) is 23.2. The molecule has 4 fully saturated rings. The van der Waals surface area contributed by atoms with E-state index in [0.29, 0.717) is 10.8 Å². The third-order valence-corrected chi connectivity index (χ3v) is 8.29. The van der Waals surface area contributed by atoms with Crippen LogP contribution >= 0.6 is 47.8 Å². The van der Waals surface area contributed by atoms with Crippen molar-refractivity contribution in [2.75, 3.05) is 57.5 Å². The van der Waals surface area contributed by atoms with E-state index >= 15 is 0 Å². The third kappa shape index (κ3) is 7.21. The van der Waals surface area contributed by atoms with Crippen molar-refractivity contribution >= 4 is 53.6 Å². The zero-order valence-electron chi connectivity index (χ0n) is 18.7. The van der Waals surface area contributed by atoms with Crippen LogP contribution in [0.15, 0.2) is 50.2 Å². The average Bonchev–Trinajstić information content (AvgIpc) is 2.81. The van der Waals surface area contributed by atoms with Crippen LogP contribution in [0.5, 0.6) is 0 Å². The fourth-order valence-corrected chi connectivity index (χ4v) is 5.30. The molecule has 0 amide bonds. The number of halogens is 3. The van der Waals surface area contributed by atoms with Crippen molar-refractivity contribution < 1.29 is 9.47 Å². The lowest BCUT2D eigenvalue weighted by atomic mass is 9.73. The number of aromatic nitrogens is 2. The summed E-state index contributed by atoms with van der Waals surface area (Å²) in [5.41, 5.74) is 1.19. The molecular weight excluding hydrogens is 616 g/mol. The number of nitrogens with zero attached hydrogens (tertiary/aromatic N) is 3. The van der Waals surface area contributed by atoms with Gasteiger partial charge in [-0.05, 0) is 103 Å². The Bertz CT molecular complexity index is 835. The van der Waals surface area contributed by atoms with Crippen LogP contribution < -0.4 is 10.2 Å². The minimum absolute atomic E-state index is 0.521. The molecule has 4 aliphatic rings. The van der Waals surface area contributed by atoms with E-state index in [0.717, 1.165) is 58.9 Å². The Kier molecular flexibility index (Phi) is 9.20. The monoisotopic (exact) mass is 644 g/mol. The maximum absolute atomic E-state index is 5.42. The molecule has 9 heteroatoms. The number of nitrogens with one attached hydrogen (secondary N) is 1. The Hall–Kier alpha value is -0.580. The molecular formula is C24H31Br3N4O2. The van der Waals surface area contributed by atoms with Gasteiger partial charge in [0, 0.05) is 79.4 Å². The van der Waals surface area contributed by atoms with Crippen LogP contribution in [0.1, 0.15) is 25.7 Å². The minimum Gasteiger partial charge on any atom is -0.381 e. The van der Waals surface area contributed by atoms with E-state index in [9.17, 15) is 0 Å². The Balaban J connectivity index is 0.000000129. The zero-order valence-corrected chi connectivity index (χ0v) is 23.5. The predicted molar refractivity (Wildman–Crippen MR) is 142 cm³/mol. The molecule has 180 valence electrons. The van der Waals surface area contributed by atoms with Gasteiger partial charge in [-0.2, -0.15) is 0 Å². The largest absolute Gasteiger partial charge is 0.381 e. The number of rotatable bonds is 1. The van der Waals surface area contributed by atoms with Crippen LogP contribution in [0.4, 0.5) is 5.82 Å². The van der Waals surface area contributed by atoms with E-state index in [1.165, 1.54) is 38.8 Å². The van der Waals surface area contributed by atoms with E-state index in [-0.39, 0.29) is 0 Å². The van der Waals surface area contributed by atoms with Gasteiger partial charge in [-0.15, -0.1) is 0 Å². The van der Waals surface area contributed by atoms with Crippen LogP contribution in [0.25, 0.3) is 0 Å². The highest BCUT2D eigenvalue weighted by atomic mass is 79.9. The summed E-state index contributed by atoms with van der Waals surface area (Å²) in [6, 6.07) is 7.94. The van der Waals surface area contributed by atoms with Gasteiger partial charge in [-0.3, -0.25) is 0 Å². The molecule has 2 spiro atoms. The summed E-state index contributed by atoms with van der Waals surface area (Å²) in [5, 5.41) is 3.32. The fraction of sp³-hybridized carbons (Fsp3) is 0.583. The Labute approximate surface area is 221 Å². The molecule has 6 nitrogen and oxygen atoms in total. The van der Waals surface area contributed by atoms with Crippen molar-refractivity contribution in [2.24, 2.45) is 10.8 Å². The second-order valence-electron chi connectivity index (χ2n) is 9.32. The van der Waals surface area contributed by atoms with Crippen molar-refractivity contribution in [1.29, 1.82) is 0 Å². The van der Waals surface area contributed by atoms with Crippen LogP contribution in [-0.2, 0) is 9.47 Å². The molecule has 0 radical (unpaired) electrons. The summed E-state index contributed by atoms with van der Waals surface area (Å²) in [6.07, 6.45) is 8.58. The highest BCUT2D eigenvalue weighted by molar-refractivity contribution is 9.11. The molecule has 4 saturated heterocycles. The van der Waals surface area contributed by atoms with Gasteiger partial charge < -0.3 is 19.7 Å².